The van der Waals surface area contributed by atoms with Gasteiger partial charge in [0.15, 0.2) is 0 Å². The summed E-state index contributed by atoms with van der Waals surface area (Å²) in [6.45, 7) is 11.8. The van der Waals surface area contributed by atoms with Crippen LogP contribution < -0.4 is 5.73 Å². The van der Waals surface area contributed by atoms with Crippen molar-refractivity contribution in [2.24, 2.45) is 5.73 Å². The molecule has 0 rings (SSSR count). The first-order valence-corrected chi connectivity index (χ1v) is 39.4. The summed E-state index contributed by atoms with van der Waals surface area (Å²) in [6.07, 6.45) is 64.5. The minimum absolute atomic E-state index is 0.0938. The molecule has 0 bridgehead atoms. The second kappa shape index (κ2) is 70.6. The highest BCUT2D eigenvalue weighted by atomic mass is 16.6. The Morgan fingerprint density at radius 2 is 0.522 bits per heavy atom. The van der Waals surface area contributed by atoms with Gasteiger partial charge in [-0.15, -0.1) is 0 Å². The smallest absolute Gasteiger partial charge is 0.322 e. The van der Waals surface area contributed by atoms with Gasteiger partial charge in [0.05, 0.1) is 6.61 Å². The SMILES string of the molecule is CCCCCCCCCCCCCCCC(=O)OCC(CN(CCCCC(N)C(=O)OCC)CC(COC(=O)CCCCCCCCCCCCCCC)OC(=O)CCCCCCCCCCCCCCC)OC(=O)CCCCCCCCCCCCCCC. The van der Waals surface area contributed by atoms with Crippen LogP contribution in [0.4, 0.5) is 0 Å². The predicted octanol–water partition coefficient (Wildman–Crippen LogP) is 22.2. The number of carbonyl (C=O) groups is 5. The molecule has 0 aromatic rings. The standard InChI is InChI=1S/C78H150N2O10/c1-6-11-15-19-23-27-31-35-39-43-47-51-55-62-74(81)87-69-71(89-76(83)64-57-53-49-45-41-37-33-29-25-21-17-13-8-3)67-80(66-60-59-61-73(79)78(85)86-10-5)68-72(90-77(84)65-58-54-50-46-42-38-34-30-26-22-18-14-9-4)70-88-75(82)63-56-52-48-44-40-36-32-28-24-20-16-12-7-2/h71-73H,6-70,79H2,1-5H3. The highest BCUT2D eigenvalue weighted by Gasteiger charge is 2.26. The van der Waals surface area contributed by atoms with Crippen LogP contribution in [0.15, 0.2) is 0 Å². The number of rotatable bonds is 73. The first kappa shape index (κ1) is 87.3. The molecule has 0 spiro atoms. The highest BCUT2D eigenvalue weighted by molar-refractivity contribution is 5.75. The number of carbonyl (C=O) groups excluding carboxylic acids is 5. The summed E-state index contributed by atoms with van der Waals surface area (Å²) in [7, 11) is 0. The van der Waals surface area contributed by atoms with Crippen molar-refractivity contribution < 1.29 is 47.7 Å². The highest BCUT2D eigenvalue weighted by Crippen LogP contribution is 2.20. The van der Waals surface area contributed by atoms with Crippen molar-refractivity contribution in [2.75, 3.05) is 39.5 Å². The van der Waals surface area contributed by atoms with Crippen molar-refractivity contribution in [3.05, 3.63) is 0 Å². The van der Waals surface area contributed by atoms with E-state index in [4.69, 9.17) is 29.4 Å². The largest absolute Gasteiger partial charge is 0.465 e. The average molecular weight is 1280 g/mol. The molecular weight excluding hydrogens is 1120 g/mol. The Bertz CT molecular complexity index is 1470. The van der Waals surface area contributed by atoms with E-state index < -0.39 is 24.2 Å². The Hall–Kier alpha value is -2.73. The van der Waals surface area contributed by atoms with Crippen LogP contribution in [0.25, 0.3) is 0 Å². The number of ether oxygens (including phenoxy) is 5. The van der Waals surface area contributed by atoms with Gasteiger partial charge in [-0.05, 0) is 52.0 Å². The minimum atomic E-state index is -0.780. The third kappa shape index (κ3) is 64.0. The third-order valence-electron chi connectivity index (χ3n) is 18.1. The van der Waals surface area contributed by atoms with Crippen LogP contribution in [-0.4, -0.2) is 92.5 Å². The number of nitrogens with zero attached hydrogens (tertiary/aromatic N) is 1. The molecule has 90 heavy (non-hydrogen) atoms. The van der Waals surface area contributed by atoms with Crippen LogP contribution in [0.5, 0.6) is 0 Å². The minimum Gasteiger partial charge on any atom is -0.465 e. The molecule has 0 amide bonds. The van der Waals surface area contributed by atoms with Crippen molar-refractivity contribution in [1.82, 2.24) is 4.90 Å². The van der Waals surface area contributed by atoms with E-state index in [0.717, 1.165) is 77.0 Å². The lowest BCUT2D eigenvalue weighted by molar-refractivity contribution is -0.163. The molecule has 12 heteroatoms. The molecule has 0 aliphatic heterocycles. The van der Waals surface area contributed by atoms with Crippen LogP contribution in [-0.2, 0) is 47.7 Å². The quantitative estimate of drug-likeness (QED) is 0.0349. The number of unbranched alkanes of at least 4 members (excludes halogenated alkanes) is 49. The molecule has 0 heterocycles. The Morgan fingerprint density at radius 3 is 0.767 bits per heavy atom. The fourth-order valence-corrected chi connectivity index (χ4v) is 12.3. The van der Waals surface area contributed by atoms with Gasteiger partial charge in [0.1, 0.15) is 31.5 Å². The molecule has 0 aliphatic rings. The number of hydrogen-bond acceptors (Lipinski definition) is 12. The summed E-state index contributed by atoms with van der Waals surface area (Å²) in [4.78, 5) is 68.7. The van der Waals surface area contributed by atoms with E-state index in [-0.39, 0.29) is 69.6 Å². The van der Waals surface area contributed by atoms with Gasteiger partial charge in [0.25, 0.3) is 0 Å². The lowest BCUT2D eigenvalue weighted by atomic mass is 10.0. The fourth-order valence-electron chi connectivity index (χ4n) is 12.3. The number of nitrogens with two attached hydrogens (primary N) is 1. The van der Waals surface area contributed by atoms with Gasteiger partial charge in [-0.25, -0.2) is 0 Å². The van der Waals surface area contributed by atoms with Crippen LogP contribution in [0.1, 0.15) is 413 Å². The van der Waals surface area contributed by atoms with Crippen molar-refractivity contribution in [3.63, 3.8) is 0 Å². The van der Waals surface area contributed by atoms with E-state index >= 15 is 0 Å². The van der Waals surface area contributed by atoms with Gasteiger partial charge in [-0.3, -0.25) is 28.9 Å². The number of esters is 5. The molecule has 3 atom stereocenters. The fraction of sp³-hybridized carbons (Fsp3) is 0.936. The zero-order valence-corrected chi connectivity index (χ0v) is 60.3. The van der Waals surface area contributed by atoms with E-state index in [1.165, 1.54) is 257 Å². The summed E-state index contributed by atoms with van der Waals surface area (Å²) < 4.78 is 29.5. The molecule has 0 aliphatic carbocycles. The topological polar surface area (TPSA) is 161 Å². The molecule has 0 saturated heterocycles. The average Bonchev–Trinajstić information content (AvgIpc) is 3.73. The summed E-state index contributed by atoms with van der Waals surface area (Å²) in [5.74, 6) is -1.67. The van der Waals surface area contributed by atoms with Crippen molar-refractivity contribution >= 4 is 29.8 Å². The molecule has 3 unspecified atom stereocenters. The molecule has 12 nitrogen and oxygen atoms in total. The molecule has 0 saturated carbocycles. The molecule has 0 aromatic heterocycles. The number of hydrogen-bond donors (Lipinski definition) is 1. The van der Waals surface area contributed by atoms with Gasteiger partial charge in [0.2, 0.25) is 0 Å². The van der Waals surface area contributed by atoms with Gasteiger partial charge >= 0.3 is 29.8 Å². The third-order valence-corrected chi connectivity index (χ3v) is 18.1. The van der Waals surface area contributed by atoms with Gasteiger partial charge in [-0.1, -0.05) is 342 Å². The van der Waals surface area contributed by atoms with E-state index in [1.807, 2.05) is 0 Å². The van der Waals surface area contributed by atoms with Crippen LogP contribution in [0, 0.1) is 0 Å². The van der Waals surface area contributed by atoms with E-state index in [9.17, 15) is 24.0 Å². The Balaban J connectivity index is 6.08. The van der Waals surface area contributed by atoms with Crippen molar-refractivity contribution in [3.8, 4) is 0 Å². The first-order valence-electron chi connectivity index (χ1n) is 39.4. The van der Waals surface area contributed by atoms with Gasteiger partial charge in [0, 0.05) is 38.8 Å². The van der Waals surface area contributed by atoms with Gasteiger partial charge < -0.3 is 29.4 Å². The van der Waals surface area contributed by atoms with Crippen LogP contribution in [0.2, 0.25) is 0 Å². The van der Waals surface area contributed by atoms with E-state index in [1.54, 1.807) is 6.92 Å². The molecule has 0 fully saturated rings. The Kier molecular flexibility index (Phi) is 68.4. The van der Waals surface area contributed by atoms with Crippen molar-refractivity contribution in [2.45, 2.75) is 432 Å². The zero-order valence-electron chi connectivity index (χ0n) is 60.3. The molecule has 0 aromatic carbocycles. The molecule has 0 radical (unpaired) electrons. The summed E-state index contributed by atoms with van der Waals surface area (Å²) in [5.41, 5.74) is 6.24. The maximum absolute atomic E-state index is 13.7. The zero-order chi connectivity index (χ0) is 65.7. The predicted molar refractivity (Wildman–Crippen MR) is 378 cm³/mol. The summed E-state index contributed by atoms with van der Waals surface area (Å²) in [6, 6.07) is -0.750. The van der Waals surface area contributed by atoms with Crippen molar-refractivity contribution in [1.29, 1.82) is 0 Å². The summed E-state index contributed by atoms with van der Waals surface area (Å²) in [5, 5.41) is 0. The monoisotopic (exact) mass is 1280 g/mol. The second-order valence-corrected chi connectivity index (χ2v) is 27.2. The Morgan fingerprint density at radius 1 is 0.289 bits per heavy atom. The molecular formula is C78H150N2O10. The van der Waals surface area contributed by atoms with Gasteiger partial charge in [-0.2, -0.15) is 0 Å². The lowest BCUT2D eigenvalue weighted by Gasteiger charge is -2.30. The van der Waals surface area contributed by atoms with Crippen LogP contribution in [0.3, 0.4) is 0 Å². The lowest BCUT2D eigenvalue weighted by Crippen LogP contribution is -2.44. The maximum Gasteiger partial charge on any atom is 0.322 e. The van der Waals surface area contributed by atoms with E-state index in [0.29, 0.717) is 38.6 Å². The second-order valence-electron chi connectivity index (χ2n) is 27.2. The van der Waals surface area contributed by atoms with E-state index in [2.05, 4.69) is 32.6 Å². The summed E-state index contributed by atoms with van der Waals surface area (Å²) >= 11 is 0. The maximum atomic E-state index is 13.7. The Labute approximate surface area is 556 Å². The first-order chi connectivity index (χ1) is 44.1. The molecule has 532 valence electrons. The molecule has 2 N–H and O–H groups in total. The van der Waals surface area contributed by atoms with Crippen LogP contribution >= 0.6 is 0 Å². The normalized spacial score (nSPS) is 12.5.